The van der Waals surface area contributed by atoms with E-state index in [9.17, 15) is 4.79 Å². The normalized spacial score (nSPS) is 11.1. The summed E-state index contributed by atoms with van der Waals surface area (Å²) < 4.78 is 1.47. The van der Waals surface area contributed by atoms with E-state index in [0.29, 0.717) is 35.1 Å². The molecule has 0 aliphatic heterocycles. The molecule has 0 saturated carbocycles. The Hall–Kier alpha value is -1.67. The molecule has 26 heavy (non-hydrogen) atoms. The first-order valence-corrected chi connectivity index (χ1v) is 10.8. The fourth-order valence-electron chi connectivity index (χ4n) is 2.40. The fourth-order valence-corrected chi connectivity index (χ4v) is 4.03. The van der Waals surface area contributed by atoms with E-state index in [1.807, 2.05) is 13.8 Å². The highest BCUT2D eigenvalue weighted by atomic mass is 32.2. The molecule has 0 aliphatic rings. The van der Waals surface area contributed by atoms with Gasteiger partial charge in [-0.05, 0) is 30.9 Å². The van der Waals surface area contributed by atoms with E-state index < -0.39 is 0 Å². The molecule has 142 valence electrons. The molecule has 0 radical (unpaired) electrons. The Morgan fingerprint density at radius 1 is 1.12 bits per heavy atom. The van der Waals surface area contributed by atoms with Crippen LogP contribution in [0.3, 0.4) is 0 Å². The van der Waals surface area contributed by atoms with Crippen molar-refractivity contribution in [1.29, 1.82) is 0 Å². The maximum atomic E-state index is 12.1. The lowest BCUT2D eigenvalue weighted by Gasteiger charge is -2.17. The molecular weight excluding hydrogens is 366 g/mol. The van der Waals surface area contributed by atoms with E-state index in [1.165, 1.54) is 27.6 Å². The molecular formula is C18H27N5OS2. The minimum atomic E-state index is 0.0856. The van der Waals surface area contributed by atoms with Gasteiger partial charge in [-0.1, -0.05) is 61.6 Å². The van der Waals surface area contributed by atoms with E-state index in [1.54, 1.807) is 16.7 Å². The van der Waals surface area contributed by atoms with Crippen molar-refractivity contribution >= 4 is 29.4 Å². The van der Waals surface area contributed by atoms with Gasteiger partial charge in [0, 0.05) is 18.8 Å². The molecule has 2 rings (SSSR count). The van der Waals surface area contributed by atoms with Crippen LogP contribution >= 0.6 is 23.5 Å². The summed E-state index contributed by atoms with van der Waals surface area (Å²) in [5.74, 6) is 7.79. The highest BCUT2D eigenvalue weighted by Crippen LogP contribution is 2.25. The SMILES string of the molecule is CCN(CC)C(=O)CSc1nnc(SCc2ccc(C(C)C)cc2)n1N. The Morgan fingerprint density at radius 2 is 1.69 bits per heavy atom. The van der Waals surface area contributed by atoms with Gasteiger partial charge in [-0.3, -0.25) is 4.79 Å². The molecule has 1 amide bonds. The Balaban J connectivity index is 1.91. The molecule has 2 aromatic rings. The predicted octanol–water partition coefficient (Wildman–Crippen LogP) is 3.37. The summed E-state index contributed by atoms with van der Waals surface area (Å²) in [5.41, 5.74) is 2.55. The van der Waals surface area contributed by atoms with Crippen LogP contribution < -0.4 is 5.84 Å². The van der Waals surface area contributed by atoms with Gasteiger partial charge in [0.15, 0.2) is 0 Å². The van der Waals surface area contributed by atoms with E-state index in [4.69, 9.17) is 5.84 Å². The molecule has 0 atom stereocenters. The lowest BCUT2D eigenvalue weighted by molar-refractivity contribution is -0.127. The summed E-state index contributed by atoms with van der Waals surface area (Å²) in [4.78, 5) is 13.9. The third-order valence-electron chi connectivity index (χ3n) is 4.09. The number of carbonyl (C=O) groups excluding carboxylic acids is 1. The molecule has 6 nitrogen and oxygen atoms in total. The number of nitrogens with zero attached hydrogens (tertiary/aromatic N) is 4. The van der Waals surface area contributed by atoms with Gasteiger partial charge in [0.2, 0.25) is 16.2 Å². The molecule has 0 saturated heterocycles. The minimum absolute atomic E-state index is 0.0856. The second-order valence-corrected chi connectivity index (χ2v) is 8.06. The number of nitrogens with two attached hydrogens (primary N) is 1. The van der Waals surface area contributed by atoms with Crippen LogP contribution in [0.15, 0.2) is 34.6 Å². The molecule has 0 spiro atoms. The molecule has 1 heterocycles. The van der Waals surface area contributed by atoms with Gasteiger partial charge in [-0.25, -0.2) is 4.68 Å². The van der Waals surface area contributed by atoms with E-state index in [0.717, 1.165) is 5.75 Å². The van der Waals surface area contributed by atoms with Crippen molar-refractivity contribution in [3.63, 3.8) is 0 Å². The summed E-state index contributed by atoms with van der Waals surface area (Å²) in [6.07, 6.45) is 0. The Kier molecular flexibility index (Phi) is 7.84. The maximum absolute atomic E-state index is 12.1. The van der Waals surface area contributed by atoms with Crippen LogP contribution in [0.4, 0.5) is 0 Å². The average Bonchev–Trinajstić information content (AvgIpc) is 2.99. The number of rotatable bonds is 9. The number of amides is 1. The maximum Gasteiger partial charge on any atom is 0.233 e. The summed E-state index contributed by atoms with van der Waals surface area (Å²) >= 11 is 2.86. The smallest absolute Gasteiger partial charge is 0.233 e. The number of nitrogen functional groups attached to an aromatic ring is 1. The monoisotopic (exact) mass is 393 g/mol. The Bertz CT molecular complexity index is 711. The average molecular weight is 394 g/mol. The summed E-state index contributed by atoms with van der Waals surface area (Å²) in [6, 6.07) is 8.59. The van der Waals surface area contributed by atoms with Crippen LogP contribution in [-0.4, -0.2) is 44.5 Å². The highest BCUT2D eigenvalue weighted by molar-refractivity contribution is 8.00. The summed E-state index contributed by atoms with van der Waals surface area (Å²) in [5, 5.41) is 9.46. The second-order valence-electron chi connectivity index (χ2n) is 6.17. The van der Waals surface area contributed by atoms with Gasteiger partial charge in [-0.15, -0.1) is 10.2 Å². The van der Waals surface area contributed by atoms with Crippen molar-refractivity contribution < 1.29 is 4.79 Å². The van der Waals surface area contributed by atoms with Gasteiger partial charge < -0.3 is 10.7 Å². The van der Waals surface area contributed by atoms with Crippen molar-refractivity contribution in [2.45, 2.75) is 49.7 Å². The first-order chi connectivity index (χ1) is 12.5. The van der Waals surface area contributed by atoms with Gasteiger partial charge >= 0.3 is 0 Å². The van der Waals surface area contributed by atoms with Crippen LogP contribution in [0, 0.1) is 0 Å². The van der Waals surface area contributed by atoms with Gasteiger partial charge in [0.05, 0.1) is 5.75 Å². The summed E-state index contributed by atoms with van der Waals surface area (Å²) in [7, 11) is 0. The second kappa shape index (κ2) is 9.87. The lowest BCUT2D eigenvalue weighted by Crippen LogP contribution is -2.32. The van der Waals surface area contributed by atoms with Crippen LogP contribution in [-0.2, 0) is 10.5 Å². The Morgan fingerprint density at radius 3 is 2.23 bits per heavy atom. The zero-order chi connectivity index (χ0) is 19.1. The zero-order valence-corrected chi connectivity index (χ0v) is 17.4. The number of benzene rings is 1. The molecule has 2 N–H and O–H groups in total. The van der Waals surface area contributed by atoms with Gasteiger partial charge in [0.1, 0.15) is 0 Å². The van der Waals surface area contributed by atoms with Crippen molar-refractivity contribution in [1.82, 2.24) is 19.8 Å². The van der Waals surface area contributed by atoms with Crippen LogP contribution in [0.1, 0.15) is 44.7 Å². The van der Waals surface area contributed by atoms with Crippen LogP contribution in [0.5, 0.6) is 0 Å². The van der Waals surface area contributed by atoms with Crippen molar-refractivity contribution in [3.05, 3.63) is 35.4 Å². The molecule has 0 unspecified atom stereocenters. The fraction of sp³-hybridized carbons (Fsp3) is 0.500. The summed E-state index contributed by atoms with van der Waals surface area (Å²) in [6.45, 7) is 9.74. The third-order valence-corrected chi connectivity index (χ3v) is 6.03. The standard InChI is InChI=1S/C18H27N5OS2/c1-5-22(6-2)16(24)12-26-18-21-20-17(23(18)19)25-11-14-7-9-15(10-8-14)13(3)4/h7-10,13H,5-6,11-12,19H2,1-4H3. The number of hydrogen-bond acceptors (Lipinski definition) is 6. The van der Waals surface area contributed by atoms with Crippen molar-refractivity contribution in [3.8, 4) is 0 Å². The van der Waals surface area contributed by atoms with Crippen molar-refractivity contribution in [2.75, 3.05) is 24.7 Å². The lowest BCUT2D eigenvalue weighted by atomic mass is 10.0. The molecule has 0 aliphatic carbocycles. The third kappa shape index (κ3) is 5.41. The highest BCUT2D eigenvalue weighted by Gasteiger charge is 2.15. The number of aromatic nitrogens is 3. The van der Waals surface area contributed by atoms with E-state index in [2.05, 4.69) is 48.3 Å². The van der Waals surface area contributed by atoms with E-state index >= 15 is 0 Å². The minimum Gasteiger partial charge on any atom is -0.343 e. The van der Waals surface area contributed by atoms with Crippen molar-refractivity contribution in [2.24, 2.45) is 0 Å². The molecule has 0 fully saturated rings. The number of carbonyl (C=O) groups is 1. The number of thioether (sulfide) groups is 2. The molecule has 8 heteroatoms. The topological polar surface area (TPSA) is 77.0 Å². The quantitative estimate of drug-likeness (QED) is 0.520. The molecule has 1 aromatic heterocycles. The van der Waals surface area contributed by atoms with Crippen LogP contribution in [0.2, 0.25) is 0 Å². The predicted molar refractivity (Wildman–Crippen MR) is 109 cm³/mol. The number of hydrogen-bond donors (Lipinski definition) is 1. The zero-order valence-electron chi connectivity index (χ0n) is 15.8. The first kappa shape index (κ1) is 20.6. The van der Waals surface area contributed by atoms with Gasteiger partial charge in [-0.2, -0.15) is 0 Å². The van der Waals surface area contributed by atoms with E-state index in [-0.39, 0.29) is 5.91 Å². The first-order valence-electron chi connectivity index (χ1n) is 8.78. The van der Waals surface area contributed by atoms with Gasteiger partial charge in [0.25, 0.3) is 0 Å². The molecule has 0 bridgehead atoms. The largest absolute Gasteiger partial charge is 0.343 e. The van der Waals surface area contributed by atoms with Crippen LogP contribution in [0.25, 0.3) is 0 Å². The Labute approximate surface area is 163 Å². The molecule has 1 aromatic carbocycles.